The first-order chi connectivity index (χ1) is 15.1. The van der Waals surface area contributed by atoms with Gasteiger partial charge < -0.3 is 9.15 Å². The van der Waals surface area contributed by atoms with Gasteiger partial charge in [0, 0.05) is 17.8 Å². The van der Waals surface area contributed by atoms with Crippen LogP contribution in [-0.4, -0.2) is 20.1 Å². The van der Waals surface area contributed by atoms with Crippen LogP contribution in [0.5, 0.6) is 0 Å². The van der Waals surface area contributed by atoms with Crippen LogP contribution in [0.15, 0.2) is 93.1 Å². The van der Waals surface area contributed by atoms with Gasteiger partial charge in [-0.05, 0) is 5.56 Å². The maximum atomic E-state index is 12.7. The van der Waals surface area contributed by atoms with Crippen molar-refractivity contribution in [3.05, 3.63) is 111 Å². The molecule has 0 aliphatic heterocycles. The van der Waals surface area contributed by atoms with Gasteiger partial charge in [0.2, 0.25) is 5.89 Å². The molecule has 8 nitrogen and oxygen atoms in total. The minimum absolute atomic E-state index is 0.203. The molecule has 0 spiro atoms. The summed E-state index contributed by atoms with van der Waals surface area (Å²) in [5, 5.41) is 0. The van der Waals surface area contributed by atoms with Crippen LogP contribution in [0, 0.1) is 0 Å². The molecule has 0 atom stereocenters. The van der Waals surface area contributed by atoms with Gasteiger partial charge in [-0.1, -0.05) is 60.7 Å². The van der Waals surface area contributed by atoms with Crippen molar-refractivity contribution in [2.75, 3.05) is 0 Å². The van der Waals surface area contributed by atoms with E-state index in [9.17, 15) is 14.4 Å². The molecule has 0 radical (unpaired) electrons. The summed E-state index contributed by atoms with van der Waals surface area (Å²) in [5.74, 6) is 0.0277. The maximum Gasteiger partial charge on any atom is 0.331 e. The van der Waals surface area contributed by atoms with E-state index in [0.29, 0.717) is 5.76 Å². The Bertz CT molecular complexity index is 1290. The van der Waals surface area contributed by atoms with Crippen LogP contribution >= 0.6 is 0 Å². The number of nitrogens with zero attached hydrogens (tertiary/aromatic N) is 3. The molecule has 2 heterocycles. The number of esters is 1. The molecule has 31 heavy (non-hydrogen) atoms. The average Bonchev–Trinajstić information content (AvgIpc) is 3.28. The van der Waals surface area contributed by atoms with Crippen molar-refractivity contribution in [1.29, 1.82) is 0 Å². The second kappa shape index (κ2) is 9.08. The third kappa shape index (κ3) is 4.87. The molecule has 156 valence electrons. The van der Waals surface area contributed by atoms with Crippen molar-refractivity contribution in [2.24, 2.45) is 0 Å². The van der Waals surface area contributed by atoms with E-state index < -0.39 is 23.8 Å². The summed E-state index contributed by atoms with van der Waals surface area (Å²) in [6.07, 6.45) is 2.96. The topological polar surface area (TPSA) is 96.3 Å². The number of carbonyl (C=O) groups excluding carboxylic acids is 1. The molecule has 0 aliphatic rings. The molecular formula is C23H19N3O5. The average molecular weight is 417 g/mol. The second-order valence-electron chi connectivity index (χ2n) is 6.78. The summed E-state index contributed by atoms with van der Waals surface area (Å²) in [7, 11) is 0. The predicted molar refractivity (Wildman–Crippen MR) is 112 cm³/mol. The van der Waals surface area contributed by atoms with E-state index >= 15 is 0 Å². The number of benzene rings is 2. The van der Waals surface area contributed by atoms with E-state index in [1.54, 1.807) is 6.20 Å². The summed E-state index contributed by atoms with van der Waals surface area (Å²) < 4.78 is 12.9. The molecule has 0 aliphatic carbocycles. The van der Waals surface area contributed by atoms with Crippen molar-refractivity contribution < 1.29 is 13.9 Å². The number of rotatable bonds is 7. The molecule has 8 heteroatoms. The molecule has 0 bridgehead atoms. The molecule has 0 unspecified atom stereocenters. The fourth-order valence-corrected chi connectivity index (χ4v) is 3.03. The summed E-state index contributed by atoms with van der Waals surface area (Å²) in [6.45, 7) is -0.418. The molecule has 4 rings (SSSR count). The van der Waals surface area contributed by atoms with Crippen molar-refractivity contribution in [2.45, 2.75) is 19.7 Å². The van der Waals surface area contributed by atoms with E-state index in [2.05, 4.69) is 4.98 Å². The normalized spacial score (nSPS) is 10.7. The molecule has 0 N–H and O–H groups in total. The zero-order valence-corrected chi connectivity index (χ0v) is 16.5. The van der Waals surface area contributed by atoms with Crippen LogP contribution < -0.4 is 11.2 Å². The van der Waals surface area contributed by atoms with Crippen LogP contribution in [0.2, 0.25) is 0 Å². The number of hydrogen-bond donors (Lipinski definition) is 0. The van der Waals surface area contributed by atoms with Gasteiger partial charge in [-0.3, -0.25) is 14.2 Å². The first-order valence-electron chi connectivity index (χ1n) is 9.60. The highest BCUT2D eigenvalue weighted by molar-refractivity contribution is 5.69. The Hall–Kier alpha value is -4.20. The Balaban J connectivity index is 1.42. The Morgan fingerprint density at radius 2 is 1.68 bits per heavy atom. The first-order valence-corrected chi connectivity index (χ1v) is 9.60. The third-order valence-electron chi connectivity index (χ3n) is 4.59. The van der Waals surface area contributed by atoms with Gasteiger partial charge in [-0.2, -0.15) is 0 Å². The van der Waals surface area contributed by atoms with Crippen molar-refractivity contribution in [3.63, 3.8) is 0 Å². The fraction of sp³-hybridized carbons (Fsp3) is 0.130. The molecule has 0 saturated heterocycles. The lowest BCUT2D eigenvalue weighted by Gasteiger charge is -2.09. The lowest BCUT2D eigenvalue weighted by molar-refractivity contribution is -0.146. The lowest BCUT2D eigenvalue weighted by Crippen LogP contribution is -2.41. The van der Waals surface area contributed by atoms with Gasteiger partial charge in [0.15, 0.2) is 12.4 Å². The van der Waals surface area contributed by atoms with Gasteiger partial charge in [-0.15, -0.1) is 0 Å². The minimum atomic E-state index is -0.740. The fourth-order valence-electron chi connectivity index (χ4n) is 3.03. The highest BCUT2D eigenvalue weighted by atomic mass is 16.5. The minimum Gasteiger partial charge on any atom is -0.454 e. The van der Waals surface area contributed by atoms with Gasteiger partial charge in [0.05, 0.1) is 12.7 Å². The SMILES string of the molecule is O=C(Cn1c(=O)ccn(Cc2ccccc2)c1=O)OCc1ncc(-c2ccccc2)o1. The molecule has 0 fully saturated rings. The molecule has 2 aromatic heterocycles. The first kappa shape index (κ1) is 20.1. The zero-order valence-electron chi connectivity index (χ0n) is 16.5. The monoisotopic (exact) mass is 417 g/mol. The maximum absolute atomic E-state index is 12.7. The number of carbonyl (C=O) groups is 1. The van der Waals surface area contributed by atoms with E-state index in [1.165, 1.54) is 16.8 Å². The number of oxazole rings is 1. The van der Waals surface area contributed by atoms with E-state index in [0.717, 1.165) is 15.7 Å². The van der Waals surface area contributed by atoms with Gasteiger partial charge in [0.25, 0.3) is 5.56 Å². The highest BCUT2D eigenvalue weighted by Crippen LogP contribution is 2.19. The third-order valence-corrected chi connectivity index (χ3v) is 4.59. The number of aromatic nitrogens is 3. The van der Waals surface area contributed by atoms with Gasteiger partial charge in [-0.25, -0.2) is 14.3 Å². The number of ether oxygens (including phenoxy) is 1. The second-order valence-corrected chi connectivity index (χ2v) is 6.78. The van der Waals surface area contributed by atoms with Crippen LogP contribution in [0.4, 0.5) is 0 Å². The summed E-state index contributed by atoms with van der Waals surface area (Å²) in [5.41, 5.74) is 0.586. The molecule has 0 saturated carbocycles. The van der Waals surface area contributed by atoms with Crippen LogP contribution in [0.25, 0.3) is 11.3 Å². The van der Waals surface area contributed by atoms with E-state index in [1.807, 2.05) is 60.7 Å². The van der Waals surface area contributed by atoms with Gasteiger partial charge >= 0.3 is 11.7 Å². The van der Waals surface area contributed by atoms with Crippen molar-refractivity contribution in [1.82, 2.24) is 14.1 Å². The molecule has 2 aromatic carbocycles. The lowest BCUT2D eigenvalue weighted by atomic mass is 10.2. The largest absolute Gasteiger partial charge is 0.454 e. The van der Waals surface area contributed by atoms with E-state index in [-0.39, 0.29) is 19.0 Å². The van der Waals surface area contributed by atoms with Crippen molar-refractivity contribution in [3.8, 4) is 11.3 Å². The summed E-state index contributed by atoms with van der Waals surface area (Å²) in [4.78, 5) is 41.1. The van der Waals surface area contributed by atoms with Crippen LogP contribution in [-0.2, 0) is 29.2 Å². The quantitative estimate of drug-likeness (QED) is 0.429. The molecular weight excluding hydrogens is 398 g/mol. The smallest absolute Gasteiger partial charge is 0.331 e. The Labute approximate surface area is 177 Å². The van der Waals surface area contributed by atoms with Crippen molar-refractivity contribution >= 4 is 5.97 Å². The predicted octanol–water partition coefficient (Wildman–Crippen LogP) is 2.46. The Morgan fingerprint density at radius 3 is 2.42 bits per heavy atom. The highest BCUT2D eigenvalue weighted by Gasteiger charge is 2.13. The summed E-state index contributed by atoms with van der Waals surface area (Å²) >= 11 is 0. The summed E-state index contributed by atoms with van der Waals surface area (Å²) in [6, 6.07) is 20.0. The van der Waals surface area contributed by atoms with E-state index in [4.69, 9.17) is 9.15 Å². The molecule has 4 aromatic rings. The standard InChI is InChI=1S/C23H19N3O5/c27-21-11-12-25(14-17-7-3-1-4-8-17)23(29)26(21)15-22(28)30-16-20-24-13-19(31-20)18-9-5-2-6-10-18/h1-13H,14-16H2. The van der Waals surface area contributed by atoms with Gasteiger partial charge in [0.1, 0.15) is 6.54 Å². The van der Waals surface area contributed by atoms with Crippen LogP contribution in [0.1, 0.15) is 11.5 Å². The zero-order chi connectivity index (χ0) is 21.6. The number of hydrogen-bond acceptors (Lipinski definition) is 6. The Kier molecular flexibility index (Phi) is 5.89. The molecule has 0 amide bonds. The van der Waals surface area contributed by atoms with Crippen LogP contribution in [0.3, 0.4) is 0 Å². The Morgan fingerprint density at radius 1 is 0.968 bits per heavy atom.